The smallest absolute Gasteiger partial charge is 0.270 e. The van der Waals surface area contributed by atoms with Gasteiger partial charge in [0.1, 0.15) is 12.3 Å². The molecule has 4 rings (SSSR count). The number of hydrogen-bond acceptors (Lipinski definition) is 6. The number of ether oxygens (including phenoxy) is 1. The second-order valence-corrected chi connectivity index (χ2v) is 9.46. The first kappa shape index (κ1) is 23.8. The van der Waals surface area contributed by atoms with Crippen molar-refractivity contribution in [1.82, 2.24) is 4.57 Å². The fraction of sp³-hybridized carbons (Fsp3) is 0.125. The van der Waals surface area contributed by atoms with Crippen LogP contribution in [0.3, 0.4) is 0 Å². The highest BCUT2D eigenvalue weighted by molar-refractivity contribution is 7.92. The Balaban J connectivity index is 1.51. The van der Waals surface area contributed by atoms with Gasteiger partial charge in [-0.05, 0) is 61.0 Å². The number of aromatic nitrogens is 1. The normalized spacial score (nSPS) is 11.3. The van der Waals surface area contributed by atoms with Crippen LogP contribution in [0.15, 0.2) is 77.8 Å². The number of sulfonamides is 1. The molecule has 0 saturated carbocycles. The Morgan fingerprint density at radius 1 is 1.03 bits per heavy atom. The first-order valence-corrected chi connectivity index (χ1v) is 12.0. The van der Waals surface area contributed by atoms with E-state index in [0.717, 1.165) is 0 Å². The molecule has 180 valence electrons. The molecule has 0 unspecified atom stereocenters. The van der Waals surface area contributed by atoms with Crippen LogP contribution in [-0.4, -0.2) is 30.9 Å². The van der Waals surface area contributed by atoms with Gasteiger partial charge in [0.2, 0.25) is 5.91 Å². The molecule has 0 atom stereocenters. The largest absolute Gasteiger partial charge is 0.497 e. The first-order chi connectivity index (χ1) is 16.7. The molecule has 3 aromatic carbocycles. The summed E-state index contributed by atoms with van der Waals surface area (Å²) in [5.74, 6) is 0.221. The van der Waals surface area contributed by atoms with Gasteiger partial charge in [-0.15, -0.1) is 0 Å². The number of carbonyl (C=O) groups excluding carboxylic acids is 1. The van der Waals surface area contributed by atoms with Crippen LogP contribution in [0.5, 0.6) is 5.75 Å². The number of methoxy groups -OCH3 is 1. The molecule has 0 bridgehead atoms. The highest BCUT2D eigenvalue weighted by Gasteiger charge is 2.19. The summed E-state index contributed by atoms with van der Waals surface area (Å²) in [7, 11) is -2.39. The van der Waals surface area contributed by atoms with Crippen LogP contribution in [0, 0.1) is 17.0 Å². The van der Waals surface area contributed by atoms with E-state index in [-0.39, 0.29) is 23.0 Å². The molecule has 11 heteroatoms. The third-order valence-electron chi connectivity index (χ3n) is 5.38. The van der Waals surface area contributed by atoms with Gasteiger partial charge in [0.25, 0.3) is 15.7 Å². The number of aryl methyl sites for hydroxylation is 1. The van der Waals surface area contributed by atoms with Crippen LogP contribution in [0.25, 0.3) is 10.9 Å². The van der Waals surface area contributed by atoms with Crippen LogP contribution < -0.4 is 14.8 Å². The number of anilines is 2. The number of hydrogen-bond donors (Lipinski definition) is 2. The Hall–Kier alpha value is -4.38. The van der Waals surface area contributed by atoms with Crippen LogP contribution in [-0.2, 0) is 21.4 Å². The maximum absolute atomic E-state index is 13.0. The molecule has 0 fully saturated rings. The van der Waals surface area contributed by atoms with Crippen molar-refractivity contribution < 1.29 is 22.9 Å². The van der Waals surface area contributed by atoms with Crippen LogP contribution in [0.1, 0.15) is 5.56 Å². The molecule has 35 heavy (non-hydrogen) atoms. The van der Waals surface area contributed by atoms with Crippen molar-refractivity contribution in [2.24, 2.45) is 0 Å². The number of nitro groups is 1. The minimum atomic E-state index is -3.91. The van der Waals surface area contributed by atoms with Crippen molar-refractivity contribution in [3.63, 3.8) is 0 Å². The zero-order valence-electron chi connectivity index (χ0n) is 18.9. The zero-order chi connectivity index (χ0) is 25.2. The van der Waals surface area contributed by atoms with Crippen LogP contribution in [0.4, 0.5) is 17.1 Å². The molecule has 2 N–H and O–H groups in total. The Labute approximate surface area is 201 Å². The summed E-state index contributed by atoms with van der Waals surface area (Å²) in [5, 5.41) is 14.3. The van der Waals surface area contributed by atoms with Crippen molar-refractivity contribution in [3.8, 4) is 5.75 Å². The van der Waals surface area contributed by atoms with E-state index in [2.05, 4.69) is 10.0 Å². The molecule has 1 amide bonds. The summed E-state index contributed by atoms with van der Waals surface area (Å²) >= 11 is 0. The topological polar surface area (TPSA) is 133 Å². The Kier molecular flexibility index (Phi) is 6.43. The highest BCUT2D eigenvalue weighted by atomic mass is 32.2. The molecule has 0 aliphatic heterocycles. The molecule has 0 radical (unpaired) electrons. The van der Waals surface area contributed by atoms with Gasteiger partial charge < -0.3 is 14.6 Å². The molecule has 10 nitrogen and oxygen atoms in total. The lowest BCUT2D eigenvalue weighted by Crippen LogP contribution is -2.19. The third kappa shape index (κ3) is 5.25. The van der Waals surface area contributed by atoms with Gasteiger partial charge in [-0.1, -0.05) is 6.07 Å². The molecular weight excluding hydrogens is 472 g/mol. The molecule has 1 aromatic heterocycles. The standard InChI is InChI=1S/C24H22N4O6S/c1-16-3-4-19(14-23(16)35(32,33)26-18-5-8-21(34-2)9-6-18)25-24(29)15-27-12-11-17-13-20(28(30)31)7-10-22(17)27/h3-14,26H,15H2,1-2H3,(H,25,29). The van der Waals surface area contributed by atoms with E-state index in [9.17, 15) is 23.3 Å². The predicted molar refractivity (Wildman–Crippen MR) is 132 cm³/mol. The Bertz CT molecular complexity index is 1530. The summed E-state index contributed by atoms with van der Waals surface area (Å²) < 4.78 is 35.2. The fourth-order valence-electron chi connectivity index (χ4n) is 3.63. The van der Waals surface area contributed by atoms with Crippen LogP contribution >= 0.6 is 0 Å². The molecule has 0 aliphatic carbocycles. The summed E-state index contributed by atoms with van der Waals surface area (Å²) in [5.41, 5.74) is 1.85. The number of nitrogens with one attached hydrogen (secondary N) is 2. The second kappa shape index (κ2) is 9.47. The first-order valence-electron chi connectivity index (χ1n) is 10.5. The maximum atomic E-state index is 13.0. The summed E-state index contributed by atoms with van der Waals surface area (Å²) in [4.78, 5) is 23.2. The van der Waals surface area contributed by atoms with E-state index >= 15 is 0 Å². The van der Waals surface area contributed by atoms with Gasteiger partial charge in [-0.3, -0.25) is 19.6 Å². The second-order valence-electron chi connectivity index (χ2n) is 7.81. The van der Waals surface area contributed by atoms with E-state index in [1.807, 2.05) is 0 Å². The predicted octanol–water partition coefficient (Wildman–Crippen LogP) is 4.31. The number of fused-ring (bicyclic) bond motifs is 1. The van der Waals surface area contributed by atoms with Crippen molar-refractivity contribution in [2.75, 3.05) is 17.1 Å². The SMILES string of the molecule is COc1ccc(NS(=O)(=O)c2cc(NC(=O)Cn3ccc4cc([N+](=O)[O-])ccc43)ccc2C)cc1. The third-order valence-corrected chi connectivity index (χ3v) is 6.91. The lowest BCUT2D eigenvalue weighted by molar-refractivity contribution is -0.384. The van der Waals surface area contributed by atoms with E-state index in [0.29, 0.717) is 33.6 Å². The number of carbonyl (C=O) groups is 1. The quantitative estimate of drug-likeness (QED) is 0.277. The van der Waals surface area contributed by atoms with E-state index < -0.39 is 14.9 Å². The Morgan fingerprint density at radius 3 is 2.43 bits per heavy atom. The van der Waals surface area contributed by atoms with Gasteiger partial charge in [0.15, 0.2) is 0 Å². The lowest BCUT2D eigenvalue weighted by atomic mass is 10.2. The molecule has 4 aromatic rings. The van der Waals surface area contributed by atoms with Crippen molar-refractivity contribution in [3.05, 3.63) is 88.6 Å². The fourth-order valence-corrected chi connectivity index (χ4v) is 4.96. The summed E-state index contributed by atoms with van der Waals surface area (Å²) in [6.45, 7) is 1.61. The van der Waals surface area contributed by atoms with Crippen molar-refractivity contribution in [1.29, 1.82) is 0 Å². The number of non-ortho nitro benzene ring substituents is 1. The zero-order valence-corrected chi connectivity index (χ0v) is 19.7. The number of nitrogens with zero attached hydrogens (tertiary/aromatic N) is 2. The van der Waals surface area contributed by atoms with E-state index in [1.54, 1.807) is 66.2 Å². The number of rotatable bonds is 8. The van der Waals surface area contributed by atoms with E-state index in [1.165, 1.54) is 25.3 Å². The minimum absolute atomic E-state index is 0.0312. The molecule has 0 aliphatic rings. The maximum Gasteiger partial charge on any atom is 0.270 e. The summed E-state index contributed by atoms with van der Waals surface area (Å²) in [6.07, 6.45) is 1.66. The molecule has 1 heterocycles. The van der Waals surface area contributed by atoms with Gasteiger partial charge >= 0.3 is 0 Å². The van der Waals surface area contributed by atoms with Gasteiger partial charge in [-0.2, -0.15) is 0 Å². The summed E-state index contributed by atoms with van der Waals surface area (Å²) in [6, 6.07) is 17.2. The van der Waals surface area contributed by atoms with Gasteiger partial charge in [0, 0.05) is 40.6 Å². The lowest BCUT2D eigenvalue weighted by Gasteiger charge is -2.13. The monoisotopic (exact) mass is 494 g/mol. The molecular formula is C24H22N4O6S. The van der Waals surface area contributed by atoms with E-state index in [4.69, 9.17) is 4.74 Å². The van der Waals surface area contributed by atoms with Crippen LogP contribution in [0.2, 0.25) is 0 Å². The number of benzene rings is 3. The molecule has 0 saturated heterocycles. The van der Waals surface area contributed by atoms with Gasteiger partial charge in [-0.25, -0.2) is 8.42 Å². The average Bonchev–Trinajstić information content (AvgIpc) is 3.22. The molecule has 0 spiro atoms. The van der Waals surface area contributed by atoms with Crippen molar-refractivity contribution in [2.45, 2.75) is 18.4 Å². The van der Waals surface area contributed by atoms with Crippen molar-refractivity contribution >= 4 is 43.9 Å². The average molecular weight is 495 g/mol. The van der Waals surface area contributed by atoms with Gasteiger partial charge in [0.05, 0.1) is 16.9 Å². The minimum Gasteiger partial charge on any atom is -0.497 e. The number of amides is 1. The highest BCUT2D eigenvalue weighted by Crippen LogP contribution is 2.25. The number of nitro benzene ring substituents is 1. The Morgan fingerprint density at radius 2 is 1.74 bits per heavy atom.